The van der Waals surface area contributed by atoms with Crippen molar-refractivity contribution in [2.24, 2.45) is 5.10 Å². The number of hydrogen-bond donors (Lipinski definition) is 3. The van der Waals surface area contributed by atoms with Gasteiger partial charge in [0.2, 0.25) is 0 Å². The maximum Gasteiger partial charge on any atom is 0.335 e. The second-order valence-corrected chi connectivity index (χ2v) is 5.76. The number of anilines is 1. The van der Waals surface area contributed by atoms with E-state index < -0.39 is 5.97 Å². The molecule has 0 aliphatic carbocycles. The molecule has 2 aromatic carbocycles. The summed E-state index contributed by atoms with van der Waals surface area (Å²) in [5, 5.41) is 16.7. The molecular weight excluding hydrogens is 348 g/mol. The average molecular weight is 364 g/mol. The highest BCUT2D eigenvalue weighted by molar-refractivity contribution is 7.80. The lowest BCUT2D eigenvalue weighted by molar-refractivity contribution is 0.0697. The quantitative estimate of drug-likeness (QED) is 0.367. The first kappa shape index (κ1) is 17.4. The Kier molecular flexibility index (Phi) is 5.40. The van der Waals surface area contributed by atoms with Crippen molar-refractivity contribution in [3.8, 4) is 5.69 Å². The lowest BCUT2D eigenvalue weighted by atomic mass is 10.2. The topological polar surface area (TPSA) is 78.6 Å². The van der Waals surface area contributed by atoms with Gasteiger partial charge in [-0.1, -0.05) is 24.3 Å². The summed E-state index contributed by atoms with van der Waals surface area (Å²) < 4.78 is 1.84. The minimum absolute atomic E-state index is 0.227. The number of hydrazone groups is 1. The van der Waals surface area contributed by atoms with E-state index in [1.54, 1.807) is 24.4 Å². The minimum atomic E-state index is -0.965. The average Bonchev–Trinajstić information content (AvgIpc) is 3.11. The third-order valence-electron chi connectivity index (χ3n) is 3.55. The summed E-state index contributed by atoms with van der Waals surface area (Å²) in [6.07, 6.45) is 3.45. The van der Waals surface area contributed by atoms with Crippen LogP contribution in [0, 0.1) is 0 Å². The Labute approximate surface area is 155 Å². The van der Waals surface area contributed by atoms with Crippen LogP contribution in [0.1, 0.15) is 16.1 Å². The lowest BCUT2D eigenvalue weighted by Crippen LogP contribution is -2.23. The molecule has 7 heteroatoms. The van der Waals surface area contributed by atoms with Crippen LogP contribution in [0.5, 0.6) is 0 Å². The van der Waals surface area contributed by atoms with Crippen LogP contribution in [0.2, 0.25) is 0 Å². The van der Waals surface area contributed by atoms with Gasteiger partial charge in [0.1, 0.15) is 0 Å². The van der Waals surface area contributed by atoms with Crippen molar-refractivity contribution in [3.05, 3.63) is 84.2 Å². The number of aromatic nitrogens is 1. The van der Waals surface area contributed by atoms with E-state index in [0.717, 1.165) is 17.1 Å². The summed E-state index contributed by atoms with van der Waals surface area (Å²) >= 11 is 5.19. The molecule has 0 aliphatic rings. The normalized spacial score (nSPS) is 10.6. The number of para-hydroxylation sites is 1. The van der Waals surface area contributed by atoms with Gasteiger partial charge in [0, 0.05) is 17.6 Å². The number of benzene rings is 2. The van der Waals surface area contributed by atoms with Gasteiger partial charge in [-0.05, 0) is 54.7 Å². The van der Waals surface area contributed by atoms with E-state index in [-0.39, 0.29) is 5.56 Å². The Bertz CT molecular complexity index is 951. The van der Waals surface area contributed by atoms with Crippen LogP contribution in [0.25, 0.3) is 5.69 Å². The lowest BCUT2D eigenvalue weighted by Gasteiger charge is -2.08. The Morgan fingerprint density at radius 3 is 2.65 bits per heavy atom. The predicted molar refractivity (Wildman–Crippen MR) is 106 cm³/mol. The van der Waals surface area contributed by atoms with E-state index in [9.17, 15) is 4.79 Å². The summed E-state index contributed by atoms with van der Waals surface area (Å²) in [7, 11) is 0. The molecule has 0 aliphatic heterocycles. The molecule has 1 aromatic heterocycles. The Hall–Kier alpha value is -3.45. The maximum atomic E-state index is 11.1. The first-order valence-electron chi connectivity index (χ1n) is 7.80. The molecule has 0 fully saturated rings. The van der Waals surface area contributed by atoms with Crippen LogP contribution >= 0.6 is 12.2 Å². The van der Waals surface area contributed by atoms with E-state index >= 15 is 0 Å². The van der Waals surface area contributed by atoms with Crippen molar-refractivity contribution in [3.63, 3.8) is 0 Å². The van der Waals surface area contributed by atoms with E-state index in [1.807, 2.05) is 59.3 Å². The number of carboxylic acids is 1. The van der Waals surface area contributed by atoms with Gasteiger partial charge in [-0.3, -0.25) is 5.43 Å². The van der Waals surface area contributed by atoms with Gasteiger partial charge in [-0.15, -0.1) is 0 Å². The predicted octanol–water partition coefficient (Wildman–Crippen LogP) is 3.50. The number of nitrogens with zero attached hydrogens (tertiary/aromatic N) is 2. The number of nitrogens with one attached hydrogen (secondary N) is 2. The summed E-state index contributed by atoms with van der Waals surface area (Å²) in [6.45, 7) is 0. The molecule has 0 spiro atoms. The molecule has 0 radical (unpaired) electrons. The first-order valence-corrected chi connectivity index (χ1v) is 8.20. The number of aromatic carboxylic acids is 1. The molecule has 3 aromatic rings. The van der Waals surface area contributed by atoms with Crippen molar-refractivity contribution in [2.75, 3.05) is 5.32 Å². The minimum Gasteiger partial charge on any atom is -0.478 e. The van der Waals surface area contributed by atoms with Crippen LogP contribution in [-0.2, 0) is 0 Å². The first-order chi connectivity index (χ1) is 12.6. The second-order valence-electron chi connectivity index (χ2n) is 5.35. The van der Waals surface area contributed by atoms with E-state index in [1.165, 1.54) is 0 Å². The zero-order chi connectivity index (χ0) is 18.4. The number of hydrogen-bond acceptors (Lipinski definition) is 3. The highest BCUT2D eigenvalue weighted by Crippen LogP contribution is 2.14. The maximum absolute atomic E-state index is 11.1. The summed E-state index contributed by atoms with van der Waals surface area (Å²) in [6, 6.07) is 20.0. The molecule has 1 heterocycles. The van der Waals surface area contributed by atoms with Gasteiger partial charge < -0.3 is 15.0 Å². The van der Waals surface area contributed by atoms with Gasteiger partial charge in [-0.2, -0.15) is 5.10 Å². The summed E-state index contributed by atoms with van der Waals surface area (Å²) in [5.74, 6) is -0.965. The van der Waals surface area contributed by atoms with Crippen LogP contribution in [0.15, 0.2) is 78.0 Å². The van der Waals surface area contributed by atoms with Gasteiger partial charge in [-0.25, -0.2) is 4.79 Å². The van der Waals surface area contributed by atoms with Crippen molar-refractivity contribution in [2.45, 2.75) is 0 Å². The Balaban J connectivity index is 1.69. The fourth-order valence-corrected chi connectivity index (χ4v) is 2.53. The van der Waals surface area contributed by atoms with Crippen molar-refractivity contribution in [1.29, 1.82) is 0 Å². The van der Waals surface area contributed by atoms with E-state index in [4.69, 9.17) is 17.3 Å². The Morgan fingerprint density at radius 2 is 1.88 bits per heavy atom. The smallest absolute Gasteiger partial charge is 0.335 e. The van der Waals surface area contributed by atoms with E-state index in [2.05, 4.69) is 15.8 Å². The monoisotopic (exact) mass is 364 g/mol. The molecule has 26 heavy (non-hydrogen) atoms. The molecule has 0 atom stereocenters. The second kappa shape index (κ2) is 8.09. The standard InChI is InChI=1S/C19H16N4O2S/c24-18(25)14-6-4-9-16(12-14)23-11-5-10-17(23)13-20-22-19(26)21-15-7-2-1-3-8-15/h1-13H,(H,24,25)(H2,21,22,26)/b20-13-. The van der Waals surface area contributed by atoms with Gasteiger partial charge in [0.05, 0.1) is 17.5 Å². The van der Waals surface area contributed by atoms with Gasteiger partial charge in [0.15, 0.2) is 5.11 Å². The van der Waals surface area contributed by atoms with Crippen molar-refractivity contribution >= 4 is 35.2 Å². The van der Waals surface area contributed by atoms with Crippen LogP contribution in [0.4, 0.5) is 5.69 Å². The number of rotatable bonds is 5. The summed E-state index contributed by atoms with van der Waals surface area (Å²) in [4.78, 5) is 11.1. The third kappa shape index (κ3) is 4.34. The number of carbonyl (C=O) groups is 1. The molecule has 0 bridgehead atoms. The summed E-state index contributed by atoms with van der Waals surface area (Å²) in [5.41, 5.74) is 5.37. The highest BCUT2D eigenvalue weighted by atomic mass is 32.1. The largest absolute Gasteiger partial charge is 0.478 e. The molecule has 0 saturated carbocycles. The van der Waals surface area contributed by atoms with Crippen LogP contribution in [0.3, 0.4) is 0 Å². The van der Waals surface area contributed by atoms with E-state index in [0.29, 0.717) is 5.11 Å². The SMILES string of the molecule is O=C(O)c1cccc(-n2cccc2/C=N\NC(=S)Nc2ccccc2)c1. The van der Waals surface area contributed by atoms with Crippen molar-refractivity contribution < 1.29 is 9.90 Å². The van der Waals surface area contributed by atoms with Crippen LogP contribution in [-0.4, -0.2) is 27.0 Å². The highest BCUT2D eigenvalue weighted by Gasteiger charge is 2.06. The molecule has 0 unspecified atom stereocenters. The number of thiocarbonyl (C=S) groups is 1. The number of carboxylic acid groups (broad SMARTS) is 1. The van der Waals surface area contributed by atoms with Gasteiger partial charge in [0.25, 0.3) is 0 Å². The molecule has 3 N–H and O–H groups in total. The third-order valence-corrected chi connectivity index (χ3v) is 3.74. The molecule has 0 saturated heterocycles. The van der Waals surface area contributed by atoms with Gasteiger partial charge >= 0.3 is 5.97 Å². The zero-order valence-electron chi connectivity index (χ0n) is 13.7. The van der Waals surface area contributed by atoms with Crippen LogP contribution < -0.4 is 10.7 Å². The molecule has 3 rings (SSSR count). The Morgan fingerprint density at radius 1 is 1.08 bits per heavy atom. The molecule has 0 amide bonds. The molecule has 6 nitrogen and oxygen atoms in total. The fourth-order valence-electron chi connectivity index (χ4n) is 2.36. The van der Waals surface area contributed by atoms with Crippen molar-refractivity contribution in [1.82, 2.24) is 9.99 Å². The molecule has 130 valence electrons. The fraction of sp³-hybridized carbons (Fsp3) is 0. The zero-order valence-corrected chi connectivity index (χ0v) is 14.5. The molecular formula is C19H16N4O2S.